The second-order valence-electron chi connectivity index (χ2n) is 5.58. The average Bonchev–Trinajstić information content (AvgIpc) is 2.37. The molecule has 2 rings (SSSR count). The van der Waals surface area contributed by atoms with Crippen molar-refractivity contribution in [1.29, 1.82) is 0 Å². The molecule has 20 heavy (non-hydrogen) atoms. The summed E-state index contributed by atoms with van der Waals surface area (Å²) in [6.07, 6.45) is 1.77. The van der Waals surface area contributed by atoms with Gasteiger partial charge in [0.05, 0.1) is 12.3 Å². The minimum absolute atomic E-state index is 0.000989. The van der Waals surface area contributed by atoms with Gasteiger partial charge < -0.3 is 9.64 Å². The molecule has 0 aromatic carbocycles. The van der Waals surface area contributed by atoms with Crippen LogP contribution in [0.5, 0.6) is 0 Å². The summed E-state index contributed by atoms with van der Waals surface area (Å²) in [5.74, 6) is 0.768. The number of ether oxygens (including phenoxy) is 1. The van der Waals surface area contributed by atoms with E-state index >= 15 is 0 Å². The maximum absolute atomic E-state index is 12.2. The fourth-order valence-corrected chi connectivity index (χ4v) is 2.51. The van der Waals surface area contributed by atoms with Gasteiger partial charge in [-0.3, -0.25) is 9.69 Å². The molecule has 2 heterocycles. The van der Waals surface area contributed by atoms with Gasteiger partial charge in [0.2, 0.25) is 0 Å². The highest BCUT2D eigenvalue weighted by Gasteiger charge is 2.40. The molecule has 0 spiro atoms. The van der Waals surface area contributed by atoms with Crippen molar-refractivity contribution in [3.8, 4) is 0 Å². The number of carbonyl (C=O) groups excluding carboxylic acids is 1. The maximum atomic E-state index is 12.2. The van der Waals surface area contributed by atoms with Crippen LogP contribution in [0.2, 0.25) is 0 Å². The van der Waals surface area contributed by atoms with Crippen LogP contribution < -0.4 is 0 Å². The van der Waals surface area contributed by atoms with E-state index in [9.17, 15) is 4.79 Å². The van der Waals surface area contributed by atoms with Gasteiger partial charge in [-0.1, -0.05) is 0 Å². The summed E-state index contributed by atoms with van der Waals surface area (Å²) in [6, 6.07) is 1.91. The fourth-order valence-electron chi connectivity index (χ4n) is 2.51. The predicted molar refractivity (Wildman–Crippen MR) is 75.1 cm³/mol. The van der Waals surface area contributed by atoms with E-state index in [0.717, 1.165) is 18.1 Å². The number of aromatic nitrogens is 2. The minimum atomic E-state index is -0.774. The zero-order valence-electron chi connectivity index (χ0n) is 12.6. The summed E-state index contributed by atoms with van der Waals surface area (Å²) < 4.78 is 5.71. The van der Waals surface area contributed by atoms with Gasteiger partial charge in [0.1, 0.15) is 5.82 Å². The van der Waals surface area contributed by atoms with Crippen LogP contribution in [0.1, 0.15) is 18.4 Å². The van der Waals surface area contributed by atoms with Crippen LogP contribution >= 0.6 is 0 Å². The normalized spacial score (nSPS) is 23.6. The molecule has 110 valence electrons. The largest absolute Gasteiger partial charge is 0.363 e. The summed E-state index contributed by atoms with van der Waals surface area (Å²) in [5.41, 5.74) is 0.197. The Morgan fingerprint density at radius 2 is 2.30 bits per heavy atom. The molecule has 1 aromatic heterocycles. The van der Waals surface area contributed by atoms with Crippen molar-refractivity contribution < 1.29 is 9.53 Å². The highest BCUT2D eigenvalue weighted by Crippen LogP contribution is 2.20. The lowest BCUT2D eigenvalue weighted by Gasteiger charge is -2.40. The summed E-state index contributed by atoms with van der Waals surface area (Å²) in [4.78, 5) is 24.5. The van der Waals surface area contributed by atoms with Gasteiger partial charge in [-0.2, -0.15) is 0 Å². The number of rotatable bonds is 3. The molecule has 6 nitrogen and oxygen atoms in total. The van der Waals surface area contributed by atoms with Crippen molar-refractivity contribution in [2.75, 3.05) is 33.8 Å². The van der Waals surface area contributed by atoms with Crippen LogP contribution in [0.4, 0.5) is 0 Å². The highest BCUT2D eigenvalue weighted by molar-refractivity contribution is 5.84. The molecule has 1 fully saturated rings. The Morgan fingerprint density at radius 3 is 2.95 bits per heavy atom. The van der Waals surface area contributed by atoms with E-state index in [0.29, 0.717) is 19.7 Å². The number of hydrogen-bond acceptors (Lipinski definition) is 5. The van der Waals surface area contributed by atoms with E-state index in [1.807, 2.05) is 19.9 Å². The Kier molecular flexibility index (Phi) is 4.35. The van der Waals surface area contributed by atoms with Crippen molar-refractivity contribution in [2.24, 2.45) is 0 Å². The Morgan fingerprint density at radius 1 is 1.55 bits per heavy atom. The van der Waals surface area contributed by atoms with E-state index in [-0.39, 0.29) is 5.91 Å². The molecule has 0 unspecified atom stereocenters. The maximum Gasteiger partial charge on any atom is 0.255 e. The summed E-state index contributed by atoms with van der Waals surface area (Å²) in [5, 5.41) is 0. The molecule has 0 saturated carbocycles. The molecule has 1 aromatic rings. The zero-order chi connectivity index (χ0) is 14.8. The molecular formula is C14H22N4O2. The Bertz CT molecular complexity index is 492. The number of aryl methyl sites for hydroxylation is 1. The fraction of sp³-hybridized carbons (Fsp3) is 0.643. The third-order valence-corrected chi connectivity index (χ3v) is 3.43. The quantitative estimate of drug-likeness (QED) is 0.804. The third kappa shape index (κ3) is 3.32. The summed E-state index contributed by atoms with van der Waals surface area (Å²) >= 11 is 0. The average molecular weight is 278 g/mol. The van der Waals surface area contributed by atoms with Crippen LogP contribution in [0.25, 0.3) is 0 Å². The smallest absolute Gasteiger partial charge is 0.255 e. The summed E-state index contributed by atoms with van der Waals surface area (Å²) in [7, 11) is 3.51. The van der Waals surface area contributed by atoms with E-state index < -0.39 is 5.60 Å². The number of morpholine rings is 1. The van der Waals surface area contributed by atoms with Crippen LogP contribution in [-0.2, 0) is 16.1 Å². The van der Waals surface area contributed by atoms with Crippen molar-refractivity contribution in [1.82, 2.24) is 19.8 Å². The lowest BCUT2D eigenvalue weighted by atomic mass is 10.0. The van der Waals surface area contributed by atoms with Gasteiger partial charge in [-0.05, 0) is 19.9 Å². The monoisotopic (exact) mass is 278 g/mol. The molecule has 0 radical (unpaired) electrons. The first-order valence-corrected chi connectivity index (χ1v) is 6.77. The van der Waals surface area contributed by atoms with E-state index in [2.05, 4.69) is 14.9 Å². The van der Waals surface area contributed by atoms with Gasteiger partial charge in [-0.15, -0.1) is 0 Å². The molecule has 1 saturated heterocycles. The number of amides is 1. The second-order valence-corrected chi connectivity index (χ2v) is 5.58. The number of nitrogens with zero attached hydrogens (tertiary/aromatic N) is 4. The number of carbonyl (C=O) groups is 1. The van der Waals surface area contributed by atoms with Crippen LogP contribution in [-0.4, -0.2) is 65.1 Å². The SMILES string of the molecule is Cc1nccc(CN2CCO[C@](C)(C(=O)N(C)C)C2)n1. The minimum Gasteiger partial charge on any atom is -0.363 e. The predicted octanol–water partition coefficient (Wildman–Crippen LogP) is 0.464. The molecule has 0 aliphatic carbocycles. The lowest BCUT2D eigenvalue weighted by Crippen LogP contribution is -2.57. The standard InChI is InChI=1S/C14H22N4O2/c1-11-15-6-5-12(16-11)9-18-7-8-20-14(2,10-18)13(19)17(3)4/h5-6H,7-10H2,1-4H3/t14-/m0/s1. The van der Waals surface area contributed by atoms with E-state index in [4.69, 9.17) is 4.74 Å². The first-order valence-electron chi connectivity index (χ1n) is 6.77. The first-order chi connectivity index (χ1) is 9.40. The van der Waals surface area contributed by atoms with E-state index in [1.165, 1.54) is 0 Å². The molecule has 0 bridgehead atoms. The number of hydrogen-bond donors (Lipinski definition) is 0. The van der Waals surface area contributed by atoms with Crippen molar-refractivity contribution >= 4 is 5.91 Å². The van der Waals surface area contributed by atoms with E-state index in [1.54, 1.807) is 25.2 Å². The molecule has 6 heteroatoms. The van der Waals surface area contributed by atoms with Crippen LogP contribution in [0.3, 0.4) is 0 Å². The van der Waals surface area contributed by atoms with Gasteiger partial charge >= 0.3 is 0 Å². The molecule has 1 atom stereocenters. The first kappa shape index (κ1) is 14.9. The highest BCUT2D eigenvalue weighted by atomic mass is 16.5. The lowest BCUT2D eigenvalue weighted by molar-refractivity contribution is -0.165. The topological polar surface area (TPSA) is 58.6 Å². The Hall–Kier alpha value is -1.53. The molecular weight excluding hydrogens is 256 g/mol. The molecule has 0 N–H and O–H groups in total. The zero-order valence-corrected chi connectivity index (χ0v) is 12.6. The van der Waals surface area contributed by atoms with Crippen LogP contribution in [0.15, 0.2) is 12.3 Å². The molecule has 1 aliphatic rings. The summed E-state index contributed by atoms with van der Waals surface area (Å²) in [6.45, 7) is 6.38. The second kappa shape index (κ2) is 5.85. The van der Waals surface area contributed by atoms with Crippen molar-refractivity contribution in [3.63, 3.8) is 0 Å². The van der Waals surface area contributed by atoms with Gasteiger partial charge in [0.15, 0.2) is 5.60 Å². The van der Waals surface area contributed by atoms with Gasteiger partial charge in [-0.25, -0.2) is 9.97 Å². The van der Waals surface area contributed by atoms with Gasteiger partial charge in [0.25, 0.3) is 5.91 Å². The molecule has 1 amide bonds. The van der Waals surface area contributed by atoms with Gasteiger partial charge in [0, 0.05) is 39.9 Å². The van der Waals surface area contributed by atoms with Crippen molar-refractivity contribution in [2.45, 2.75) is 26.0 Å². The van der Waals surface area contributed by atoms with Crippen LogP contribution in [0, 0.1) is 6.92 Å². The number of likely N-dealkylation sites (N-methyl/N-ethyl adjacent to an activating group) is 1. The molecule has 1 aliphatic heterocycles. The van der Waals surface area contributed by atoms with Crippen molar-refractivity contribution in [3.05, 3.63) is 23.8 Å². The Balaban J connectivity index is 2.05. The third-order valence-electron chi connectivity index (χ3n) is 3.43. The Labute approximate surface area is 119 Å².